The first-order chi connectivity index (χ1) is 11.2. The number of hydrogen-bond donors (Lipinski definition) is 1. The first kappa shape index (κ1) is 15.2. The summed E-state index contributed by atoms with van der Waals surface area (Å²) in [7, 11) is 0. The summed E-state index contributed by atoms with van der Waals surface area (Å²) in [6, 6.07) is 15.3. The van der Waals surface area contributed by atoms with E-state index in [0.29, 0.717) is 23.2 Å². The van der Waals surface area contributed by atoms with E-state index in [-0.39, 0.29) is 5.88 Å². The molecule has 0 radical (unpaired) electrons. The summed E-state index contributed by atoms with van der Waals surface area (Å²) < 4.78 is 5.36. The summed E-state index contributed by atoms with van der Waals surface area (Å²) in [6.07, 6.45) is 0. The summed E-state index contributed by atoms with van der Waals surface area (Å²) in [6.45, 7) is 2.02. The molecule has 5 nitrogen and oxygen atoms in total. The molecule has 3 aromatic rings. The lowest BCUT2D eigenvalue weighted by atomic mass is 10.1. The number of aliphatic imine (C=N–C) groups is 1. The van der Waals surface area contributed by atoms with Crippen molar-refractivity contribution in [2.45, 2.75) is 6.92 Å². The zero-order valence-corrected chi connectivity index (χ0v) is 13.3. The van der Waals surface area contributed by atoms with Crippen LogP contribution in [0.5, 0.6) is 0 Å². The van der Waals surface area contributed by atoms with Crippen molar-refractivity contribution in [3.05, 3.63) is 54.1 Å². The van der Waals surface area contributed by atoms with Crippen molar-refractivity contribution >= 4 is 23.1 Å². The molecule has 0 atom stereocenters. The van der Waals surface area contributed by atoms with Gasteiger partial charge in [0.15, 0.2) is 0 Å². The topological polar surface area (TPSA) is 77.3 Å². The highest BCUT2D eigenvalue weighted by molar-refractivity contribution is 6.28. The van der Waals surface area contributed by atoms with E-state index in [2.05, 4.69) is 15.1 Å². The molecule has 0 spiro atoms. The van der Waals surface area contributed by atoms with E-state index in [4.69, 9.17) is 21.9 Å². The first-order valence-electron chi connectivity index (χ1n) is 7.06. The molecule has 2 N–H and O–H groups in total. The molecule has 6 heteroatoms. The van der Waals surface area contributed by atoms with Crippen LogP contribution in [-0.2, 0) is 0 Å². The molecule has 0 bridgehead atoms. The molecule has 1 aromatic heterocycles. The Morgan fingerprint density at radius 3 is 2.74 bits per heavy atom. The number of alkyl halides is 1. The summed E-state index contributed by atoms with van der Waals surface area (Å²) in [5, 5.41) is 4.04. The van der Waals surface area contributed by atoms with Crippen molar-refractivity contribution in [2.75, 3.05) is 5.88 Å². The highest BCUT2D eigenvalue weighted by Crippen LogP contribution is 2.25. The lowest BCUT2D eigenvalue weighted by molar-refractivity contribution is 0.432. The van der Waals surface area contributed by atoms with Crippen LogP contribution in [0.2, 0.25) is 0 Å². The van der Waals surface area contributed by atoms with Crippen LogP contribution in [0.3, 0.4) is 0 Å². The Kier molecular flexibility index (Phi) is 4.39. The predicted molar refractivity (Wildman–Crippen MR) is 91.9 cm³/mol. The van der Waals surface area contributed by atoms with Gasteiger partial charge in [-0.05, 0) is 31.2 Å². The van der Waals surface area contributed by atoms with Crippen LogP contribution in [0.1, 0.15) is 5.56 Å². The maximum absolute atomic E-state index is 5.65. The summed E-state index contributed by atoms with van der Waals surface area (Å²) in [5.74, 6) is 1.53. The van der Waals surface area contributed by atoms with E-state index in [1.54, 1.807) is 0 Å². The molecule has 116 valence electrons. The van der Waals surface area contributed by atoms with Gasteiger partial charge in [0.25, 0.3) is 5.89 Å². The molecule has 0 saturated carbocycles. The van der Waals surface area contributed by atoms with E-state index in [0.717, 1.165) is 16.7 Å². The normalized spacial score (nSPS) is 11.7. The van der Waals surface area contributed by atoms with Crippen LogP contribution in [-0.4, -0.2) is 21.9 Å². The standard InChI is InChI=1S/C17H15ClN4O/c1-11-4-2-5-12(8-11)16-21-17(23-22-16)13-6-3-7-14(9-13)20-15(19)10-18/h2-9H,10H2,1H3,(H2,19,20). The van der Waals surface area contributed by atoms with Crippen LogP contribution in [0.25, 0.3) is 22.8 Å². The lowest BCUT2D eigenvalue weighted by Gasteiger charge is -1.99. The number of halogens is 1. The zero-order chi connectivity index (χ0) is 16.2. The van der Waals surface area contributed by atoms with Gasteiger partial charge >= 0.3 is 0 Å². The molecule has 23 heavy (non-hydrogen) atoms. The molecule has 0 aliphatic carbocycles. The maximum atomic E-state index is 5.65. The summed E-state index contributed by atoms with van der Waals surface area (Å²) in [4.78, 5) is 8.66. The van der Waals surface area contributed by atoms with Gasteiger partial charge in [-0.2, -0.15) is 4.98 Å². The molecule has 0 amide bonds. The SMILES string of the molecule is Cc1cccc(-c2noc(-c3cccc(N=C(N)CCl)c3)n2)c1. The molecule has 0 saturated heterocycles. The fourth-order valence-electron chi connectivity index (χ4n) is 2.15. The van der Waals surface area contributed by atoms with E-state index >= 15 is 0 Å². The second kappa shape index (κ2) is 6.62. The lowest BCUT2D eigenvalue weighted by Crippen LogP contribution is -2.12. The van der Waals surface area contributed by atoms with Crippen LogP contribution in [0.15, 0.2) is 58.0 Å². The predicted octanol–water partition coefficient (Wildman–Crippen LogP) is 3.94. The van der Waals surface area contributed by atoms with Crippen molar-refractivity contribution in [2.24, 2.45) is 10.7 Å². The van der Waals surface area contributed by atoms with Gasteiger partial charge < -0.3 is 10.3 Å². The molecule has 1 heterocycles. The van der Waals surface area contributed by atoms with Gasteiger partial charge in [0.1, 0.15) is 5.84 Å². The highest BCUT2D eigenvalue weighted by Gasteiger charge is 2.11. The monoisotopic (exact) mass is 326 g/mol. The molecule has 3 rings (SSSR count). The number of aryl methyl sites for hydroxylation is 1. The van der Waals surface area contributed by atoms with Gasteiger partial charge in [-0.25, -0.2) is 4.99 Å². The molecule has 0 fully saturated rings. The molecule has 0 unspecified atom stereocenters. The number of rotatable bonds is 4. The average Bonchev–Trinajstić information content (AvgIpc) is 3.05. The Hall–Kier alpha value is -2.66. The van der Waals surface area contributed by atoms with Gasteiger partial charge in [0.05, 0.1) is 11.6 Å². The van der Waals surface area contributed by atoms with E-state index < -0.39 is 0 Å². The Balaban J connectivity index is 1.93. The van der Waals surface area contributed by atoms with Crippen molar-refractivity contribution in [1.82, 2.24) is 10.1 Å². The summed E-state index contributed by atoms with van der Waals surface area (Å²) >= 11 is 5.65. The van der Waals surface area contributed by atoms with Gasteiger partial charge in [-0.15, -0.1) is 11.6 Å². The van der Waals surface area contributed by atoms with E-state index in [1.165, 1.54) is 0 Å². The first-order valence-corrected chi connectivity index (χ1v) is 7.59. The van der Waals surface area contributed by atoms with Gasteiger partial charge in [-0.1, -0.05) is 35.0 Å². The van der Waals surface area contributed by atoms with E-state index in [1.807, 2.05) is 55.5 Å². The van der Waals surface area contributed by atoms with Gasteiger partial charge in [-0.3, -0.25) is 0 Å². The van der Waals surface area contributed by atoms with Gasteiger partial charge in [0.2, 0.25) is 5.82 Å². The number of nitrogens with zero attached hydrogens (tertiary/aromatic N) is 3. The molecular formula is C17H15ClN4O. The molecular weight excluding hydrogens is 312 g/mol. The zero-order valence-electron chi connectivity index (χ0n) is 12.5. The Morgan fingerprint density at radius 2 is 1.96 bits per heavy atom. The minimum absolute atomic E-state index is 0.183. The van der Waals surface area contributed by atoms with E-state index in [9.17, 15) is 0 Å². The molecule has 2 aromatic carbocycles. The number of hydrogen-bond acceptors (Lipinski definition) is 4. The van der Waals surface area contributed by atoms with Crippen molar-refractivity contribution < 1.29 is 4.52 Å². The van der Waals surface area contributed by atoms with Crippen LogP contribution >= 0.6 is 11.6 Å². The Labute approximate surface area is 138 Å². The summed E-state index contributed by atoms with van der Waals surface area (Å²) in [5.41, 5.74) is 9.18. The van der Waals surface area contributed by atoms with Crippen LogP contribution in [0.4, 0.5) is 5.69 Å². The number of benzene rings is 2. The van der Waals surface area contributed by atoms with Crippen molar-refractivity contribution in [3.63, 3.8) is 0 Å². The fourth-order valence-corrected chi connectivity index (χ4v) is 2.21. The van der Waals surface area contributed by atoms with Crippen molar-refractivity contribution in [3.8, 4) is 22.8 Å². The minimum Gasteiger partial charge on any atom is -0.386 e. The smallest absolute Gasteiger partial charge is 0.258 e. The quantitative estimate of drug-likeness (QED) is 0.447. The Bertz CT molecular complexity index is 857. The fraction of sp³-hybridized carbons (Fsp3) is 0.118. The second-order valence-electron chi connectivity index (χ2n) is 5.08. The largest absolute Gasteiger partial charge is 0.386 e. The van der Waals surface area contributed by atoms with Crippen LogP contribution < -0.4 is 5.73 Å². The average molecular weight is 327 g/mol. The highest BCUT2D eigenvalue weighted by atomic mass is 35.5. The Morgan fingerprint density at radius 1 is 1.17 bits per heavy atom. The molecule has 0 aliphatic rings. The third kappa shape index (κ3) is 3.57. The van der Waals surface area contributed by atoms with Crippen molar-refractivity contribution in [1.29, 1.82) is 0 Å². The minimum atomic E-state index is 0.183. The van der Waals surface area contributed by atoms with Crippen LogP contribution in [0, 0.1) is 6.92 Å². The number of aromatic nitrogens is 2. The number of amidine groups is 1. The number of nitrogens with two attached hydrogens (primary N) is 1. The third-order valence-corrected chi connectivity index (χ3v) is 3.48. The third-order valence-electron chi connectivity index (χ3n) is 3.21. The second-order valence-corrected chi connectivity index (χ2v) is 5.35. The molecule has 0 aliphatic heterocycles. The maximum Gasteiger partial charge on any atom is 0.258 e. The van der Waals surface area contributed by atoms with Gasteiger partial charge in [0, 0.05) is 11.1 Å².